The molecule has 1 amide bonds. The maximum Gasteiger partial charge on any atom is 0.253 e. The minimum atomic E-state index is 0.107. The van der Waals surface area contributed by atoms with Crippen molar-refractivity contribution in [2.24, 2.45) is 5.92 Å². The molecule has 106 valence electrons. The van der Waals surface area contributed by atoms with Crippen LogP contribution >= 0.6 is 0 Å². The SMILES string of the molecule is CCN(CC(C)C)C(=O)c1cccc(-n2cccc2)c1. The summed E-state index contributed by atoms with van der Waals surface area (Å²) < 4.78 is 2.01. The molecule has 2 rings (SSSR count). The molecular formula is C17H22N2O. The zero-order valence-electron chi connectivity index (χ0n) is 12.4. The molecule has 0 aliphatic rings. The Balaban J connectivity index is 2.24. The Labute approximate surface area is 120 Å². The lowest BCUT2D eigenvalue weighted by atomic mass is 10.1. The smallest absolute Gasteiger partial charge is 0.253 e. The summed E-state index contributed by atoms with van der Waals surface area (Å²) in [6, 6.07) is 11.7. The Morgan fingerprint density at radius 1 is 1.20 bits per heavy atom. The predicted molar refractivity (Wildman–Crippen MR) is 82.2 cm³/mol. The van der Waals surface area contributed by atoms with Crippen LogP contribution < -0.4 is 0 Å². The van der Waals surface area contributed by atoms with Gasteiger partial charge in [-0.2, -0.15) is 0 Å². The van der Waals surface area contributed by atoms with E-state index >= 15 is 0 Å². The van der Waals surface area contributed by atoms with Gasteiger partial charge in [0.1, 0.15) is 0 Å². The molecule has 3 heteroatoms. The van der Waals surface area contributed by atoms with Crippen LogP contribution in [0.2, 0.25) is 0 Å². The standard InChI is InChI=1S/C17H22N2O/c1-4-18(13-14(2)3)17(20)15-8-7-9-16(12-15)19-10-5-6-11-19/h5-12,14H,4,13H2,1-3H3. The number of hydrogen-bond acceptors (Lipinski definition) is 1. The molecule has 0 aliphatic carbocycles. The van der Waals surface area contributed by atoms with Crippen molar-refractivity contribution in [2.45, 2.75) is 20.8 Å². The van der Waals surface area contributed by atoms with Crippen LogP contribution in [-0.4, -0.2) is 28.5 Å². The fraction of sp³-hybridized carbons (Fsp3) is 0.353. The molecule has 0 spiro atoms. The molecule has 0 aliphatic heterocycles. The second kappa shape index (κ2) is 6.42. The van der Waals surface area contributed by atoms with E-state index in [0.29, 0.717) is 5.92 Å². The summed E-state index contributed by atoms with van der Waals surface area (Å²) in [5, 5.41) is 0. The quantitative estimate of drug-likeness (QED) is 0.815. The van der Waals surface area contributed by atoms with Gasteiger partial charge in [-0.1, -0.05) is 19.9 Å². The Kier molecular flexibility index (Phi) is 4.61. The summed E-state index contributed by atoms with van der Waals surface area (Å²) in [6.45, 7) is 7.82. The molecule has 1 aromatic carbocycles. The molecule has 2 aromatic rings. The number of nitrogens with zero attached hydrogens (tertiary/aromatic N) is 2. The molecule has 0 unspecified atom stereocenters. The highest BCUT2D eigenvalue weighted by Gasteiger charge is 2.15. The summed E-state index contributed by atoms with van der Waals surface area (Å²) >= 11 is 0. The highest BCUT2D eigenvalue weighted by molar-refractivity contribution is 5.94. The first-order valence-electron chi connectivity index (χ1n) is 7.14. The maximum atomic E-state index is 12.5. The summed E-state index contributed by atoms with van der Waals surface area (Å²) in [7, 11) is 0. The zero-order chi connectivity index (χ0) is 14.5. The average Bonchev–Trinajstić information content (AvgIpc) is 2.98. The third kappa shape index (κ3) is 3.29. The first-order chi connectivity index (χ1) is 9.61. The molecular weight excluding hydrogens is 248 g/mol. The van der Waals surface area contributed by atoms with Gasteiger partial charge in [-0.3, -0.25) is 4.79 Å². The zero-order valence-corrected chi connectivity index (χ0v) is 12.4. The van der Waals surface area contributed by atoms with E-state index in [0.717, 1.165) is 24.3 Å². The van der Waals surface area contributed by atoms with Crippen LogP contribution in [0.15, 0.2) is 48.8 Å². The van der Waals surface area contributed by atoms with Gasteiger partial charge in [0, 0.05) is 36.7 Å². The number of benzene rings is 1. The van der Waals surface area contributed by atoms with Gasteiger partial charge in [-0.05, 0) is 43.2 Å². The van der Waals surface area contributed by atoms with E-state index in [2.05, 4.69) is 13.8 Å². The number of rotatable bonds is 5. The third-order valence-electron chi connectivity index (χ3n) is 3.25. The summed E-state index contributed by atoms with van der Waals surface area (Å²) in [6.07, 6.45) is 3.96. The minimum Gasteiger partial charge on any atom is -0.339 e. The van der Waals surface area contributed by atoms with Crippen LogP contribution in [0, 0.1) is 5.92 Å². The Hall–Kier alpha value is -2.03. The van der Waals surface area contributed by atoms with Crippen LogP contribution in [-0.2, 0) is 0 Å². The first-order valence-corrected chi connectivity index (χ1v) is 7.14. The number of carbonyl (C=O) groups is 1. The van der Waals surface area contributed by atoms with E-state index in [1.807, 2.05) is 65.2 Å². The number of hydrogen-bond donors (Lipinski definition) is 0. The van der Waals surface area contributed by atoms with Crippen molar-refractivity contribution >= 4 is 5.91 Å². The Morgan fingerprint density at radius 3 is 2.50 bits per heavy atom. The molecule has 20 heavy (non-hydrogen) atoms. The molecule has 0 fully saturated rings. The summed E-state index contributed by atoms with van der Waals surface area (Å²) in [5.41, 5.74) is 1.76. The fourth-order valence-electron chi connectivity index (χ4n) is 2.29. The molecule has 1 aromatic heterocycles. The van der Waals surface area contributed by atoms with Gasteiger partial charge in [-0.15, -0.1) is 0 Å². The number of amides is 1. The van der Waals surface area contributed by atoms with E-state index in [1.54, 1.807) is 0 Å². The third-order valence-corrected chi connectivity index (χ3v) is 3.25. The minimum absolute atomic E-state index is 0.107. The van der Waals surface area contributed by atoms with Crippen LogP contribution in [0.5, 0.6) is 0 Å². The molecule has 0 saturated carbocycles. The molecule has 0 atom stereocenters. The molecule has 0 radical (unpaired) electrons. The van der Waals surface area contributed by atoms with E-state index < -0.39 is 0 Å². The van der Waals surface area contributed by atoms with E-state index in [9.17, 15) is 4.79 Å². The number of aromatic nitrogens is 1. The molecule has 0 bridgehead atoms. The van der Waals surface area contributed by atoms with Crippen molar-refractivity contribution in [3.63, 3.8) is 0 Å². The van der Waals surface area contributed by atoms with Crippen molar-refractivity contribution in [3.05, 3.63) is 54.4 Å². The Morgan fingerprint density at radius 2 is 1.90 bits per heavy atom. The van der Waals surface area contributed by atoms with Crippen LogP contribution in [0.25, 0.3) is 5.69 Å². The molecule has 3 nitrogen and oxygen atoms in total. The van der Waals surface area contributed by atoms with Gasteiger partial charge < -0.3 is 9.47 Å². The topological polar surface area (TPSA) is 25.2 Å². The van der Waals surface area contributed by atoms with Crippen LogP contribution in [0.4, 0.5) is 0 Å². The van der Waals surface area contributed by atoms with Gasteiger partial charge in [0.15, 0.2) is 0 Å². The van der Waals surface area contributed by atoms with Crippen molar-refractivity contribution in [3.8, 4) is 5.69 Å². The second-order valence-corrected chi connectivity index (χ2v) is 5.38. The highest BCUT2D eigenvalue weighted by atomic mass is 16.2. The highest BCUT2D eigenvalue weighted by Crippen LogP contribution is 2.13. The summed E-state index contributed by atoms with van der Waals surface area (Å²) in [5.74, 6) is 0.585. The lowest BCUT2D eigenvalue weighted by Gasteiger charge is -2.23. The van der Waals surface area contributed by atoms with E-state index in [4.69, 9.17) is 0 Å². The molecule has 0 N–H and O–H groups in total. The summed E-state index contributed by atoms with van der Waals surface area (Å²) in [4.78, 5) is 14.5. The monoisotopic (exact) mass is 270 g/mol. The largest absolute Gasteiger partial charge is 0.339 e. The normalized spacial score (nSPS) is 10.8. The van der Waals surface area contributed by atoms with E-state index in [1.165, 1.54) is 0 Å². The van der Waals surface area contributed by atoms with Crippen molar-refractivity contribution in [2.75, 3.05) is 13.1 Å². The van der Waals surface area contributed by atoms with Crippen LogP contribution in [0.3, 0.4) is 0 Å². The molecule has 0 saturated heterocycles. The van der Waals surface area contributed by atoms with Crippen molar-refractivity contribution < 1.29 is 4.79 Å². The van der Waals surface area contributed by atoms with Gasteiger partial charge in [-0.25, -0.2) is 0 Å². The average molecular weight is 270 g/mol. The van der Waals surface area contributed by atoms with Gasteiger partial charge in [0.25, 0.3) is 5.91 Å². The first kappa shape index (κ1) is 14.4. The van der Waals surface area contributed by atoms with Gasteiger partial charge in [0.2, 0.25) is 0 Å². The predicted octanol–water partition coefficient (Wildman–Crippen LogP) is 3.60. The second-order valence-electron chi connectivity index (χ2n) is 5.38. The molecule has 1 heterocycles. The fourth-order valence-corrected chi connectivity index (χ4v) is 2.29. The van der Waals surface area contributed by atoms with Crippen molar-refractivity contribution in [1.82, 2.24) is 9.47 Å². The Bertz CT molecular complexity index is 558. The maximum absolute atomic E-state index is 12.5. The van der Waals surface area contributed by atoms with Crippen molar-refractivity contribution in [1.29, 1.82) is 0 Å². The van der Waals surface area contributed by atoms with E-state index in [-0.39, 0.29) is 5.91 Å². The lowest BCUT2D eigenvalue weighted by molar-refractivity contribution is 0.0746. The number of carbonyl (C=O) groups excluding carboxylic acids is 1. The van der Waals surface area contributed by atoms with Crippen LogP contribution in [0.1, 0.15) is 31.1 Å². The van der Waals surface area contributed by atoms with Gasteiger partial charge in [0.05, 0.1) is 0 Å². The lowest BCUT2D eigenvalue weighted by Crippen LogP contribution is -2.34. The van der Waals surface area contributed by atoms with Gasteiger partial charge >= 0.3 is 0 Å².